The van der Waals surface area contributed by atoms with Crippen molar-refractivity contribution in [1.82, 2.24) is 30.2 Å². The Morgan fingerprint density at radius 3 is 1.60 bits per heavy atom. The zero-order valence-electron chi connectivity index (χ0n) is 41.3. The molecule has 1 aliphatic heterocycles. The third kappa shape index (κ3) is 24.3. The molecule has 0 fully saturated rings. The number of benzene rings is 1. The summed E-state index contributed by atoms with van der Waals surface area (Å²) in [6.45, 7) is 46.3. The van der Waals surface area contributed by atoms with Crippen LogP contribution in [-0.4, -0.2) is 31.5 Å². The standard InChI is InChI=1S/C12H14N2.C11H13NO.C10H16N2S.C5H5N.C5H12.4C2H6.CH4/c1-12(2,3)11-10-9(6-8-14-11)5-4-7-13-10;1-11(2,3)10-12-8-6-4-5-7-9(8)13-10;1-10(2,3)9-12-7-4-5-11-6-8(7)13-9;1-2-4-6-5-3-1;1-5(2,3)4;4*1-2;/h4-8H,1-3H3;4-7H,1-3H3;11H,4-6H2,1-3H3;1-5H;1-4H3;4*1-2H3;1H4. The molecule has 60 heavy (non-hydrogen) atoms. The Morgan fingerprint density at radius 1 is 0.583 bits per heavy atom. The van der Waals surface area contributed by atoms with Gasteiger partial charge in [0, 0.05) is 70.8 Å². The summed E-state index contributed by atoms with van der Waals surface area (Å²) in [5.41, 5.74) is 5.96. The molecule has 0 saturated carbocycles. The van der Waals surface area contributed by atoms with Gasteiger partial charge in [-0.3, -0.25) is 15.0 Å². The van der Waals surface area contributed by atoms with Crippen molar-refractivity contribution in [3.05, 3.63) is 113 Å². The molecule has 7 nitrogen and oxygen atoms in total. The topological polar surface area (TPSA) is 89.6 Å². The molecule has 0 unspecified atom stereocenters. The predicted molar refractivity (Wildman–Crippen MR) is 269 cm³/mol. The van der Waals surface area contributed by atoms with E-state index in [0.717, 1.165) is 53.1 Å². The molecule has 0 saturated heterocycles. The average Bonchev–Trinajstić information content (AvgIpc) is 3.88. The quantitative estimate of drug-likeness (QED) is 0.163. The van der Waals surface area contributed by atoms with Gasteiger partial charge in [0.15, 0.2) is 5.58 Å². The van der Waals surface area contributed by atoms with E-state index in [1.54, 1.807) is 12.4 Å². The molecule has 6 heterocycles. The summed E-state index contributed by atoms with van der Waals surface area (Å²) in [4.78, 5) is 23.1. The summed E-state index contributed by atoms with van der Waals surface area (Å²) in [6.07, 6.45) is 8.27. The van der Waals surface area contributed by atoms with E-state index in [-0.39, 0.29) is 23.7 Å². The van der Waals surface area contributed by atoms with Crippen LogP contribution in [-0.2, 0) is 29.2 Å². The van der Waals surface area contributed by atoms with Crippen LogP contribution in [0.3, 0.4) is 0 Å². The monoisotopic (exact) mass is 845 g/mol. The maximum absolute atomic E-state index is 5.62. The van der Waals surface area contributed by atoms with Gasteiger partial charge in [0.05, 0.1) is 21.9 Å². The summed E-state index contributed by atoms with van der Waals surface area (Å²) < 4.78 is 5.62. The number of pyridine rings is 3. The first-order valence-electron chi connectivity index (χ1n) is 21.8. The maximum Gasteiger partial charge on any atom is 0.200 e. The van der Waals surface area contributed by atoms with E-state index in [9.17, 15) is 0 Å². The fraction of sp³-hybridized carbons (Fsp3) is 0.558. The van der Waals surface area contributed by atoms with Crippen molar-refractivity contribution < 1.29 is 4.42 Å². The van der Waals surface area contributed by atoms with E-state index in [0.29, 0.717) is 5.41 Å². The van der Waals surface area contributed by atoms with Gasteiger partial charge in [-0.1, -0.05) is 177 Å². The van der Waals surface area contributed by atoms with Gasteiger partial charge >= 0.3 is 0 Å². The largest absolute Gasteiger partial charge is 0.440 e. The van der Waals surface area contributed by atoms with Crippen LogP contribution in [0.4, 0.5) is 0 Å². The number of rotatable bonds is 0. The number of hydrogen-bond donors (Lipinski definition) is 1. The van der Waals surface area contributed by atoms with E-state index in [1.165, 1.54) is 15.6 Å². The first-order valence-corrected chi connectivity index (χ1v) is 22.7. The van der Waals surface area contributed by atoms with Gasteiger partial charge in [0.25, 0.3) is 0 Å². The summed E-state index contributed by atoms with van der Waals surface area (Å²) in [5.74, 6) is 0.800. The second-order valence-corrected chi connectivity index (χ2v) is 18.4. The molecular formula is C52H88N6OS. The lowest BCUT2D eigenvalue weighted by Crippen LogP contribution is -2.22. The highest BCUT2D eigenvalue weighted by Crippen LogP contribution is 2.31. The predicted octanol–water partition coefficient (Wildman–Crippen LogP) is 16.0. The van der Waals surface area contributed by atoms with Crippen molar-refractivity contribution in [1.29, 1.82) is 0 Å². The average molecular weight is 845 g/mol. The molecule has 6 aromatic rings. The van der Waals surface area contributed by atoms with Crippen LogP contribution in [0.2, 0.25) is 0 Å². The lowest BCUT2D eigenvalue weighted by atomic mass is 9.90. The van der Waals surface area contributed by atoms with Crippen LogP contribution < -0.4 is 5.32 Å². The lowest BCUT2D eigenvalue weighted by molar-refractivity contribution is 0.411. The minimum absolute atomic E-state index is 0. The van der Waals surface area contributed by atoms with Crippen molar-refractivity contribution in [2.24, 2.45) is 5.41 Å². The van der Waals surface area contributed by atoms with Crippen LogP contribution in [0.25, 0.3) is 22.0 Å². The van der Waals surface area contributed by atoms with Crippen molar-refractivity contribution in [2.45, 2.75) is 182 Å². The normalized spacial score (nSPS) is 11.3. The smallest absolute Gasteiger partial charge is 0.200 e. The first-order chi connectivity index (χ1) is 27.7. The van der Waals surface area contributed by atoms with Gasteiger partial charge in [-0.25, -0.2) is 9.97 Å². The second-order valence-electron chi connectivity index (χ2n) is 17.3. The van der Waals surface area contributed by atoms with Crippen LogP contribution in [0, 0.1) is 5.41 Å². The van der Waals surface area contributed by atoms with E-state index < -0.39 is 0 Å². The van der Waals surface area contributed by atoms with E-state index >= 15 is 0 Å². The fourth-order valence-electron chi connectivity index (χ4n) is 4.50. The third-order valence-electron chi connectivity index (χ3n) is 6.98. The van der Waals surface area contributed by atoms with E-state index in [1.807, 2.05) is 134 Å². The molecule has 0 amide bonds. The number of thiazole rings is 1. The van der Waals surface area contributed by atoms with E-state index in [4.69, 9.17) is 9.40 Å². The molecule has 8 heteroatoms. The second kappa shape index (κ2) is 30.9. The summed E-state index contributed by atoms with van der Waals surface area (Å²) in [6, 6.07) is 19.6. The Kier molecular flexibility index (Phi) is 31.1. The molecule has 1 aliphatic rings. The van der Waals surface area contributed by atoms with Crippen LogP contribution in [0.15, 0.2) is 89.9 Å². The number of nitrogens with zero attached hydrogens (tertiary/aromatic N) is 5. The first kappa shape index (κ1) is 60.3. The van der Waals surface area contributed by atoms with Gasteiger partial charge in [0.1, 0.15) is 5.52 Å². The van der Waals surface area contributed by atoms with Gasteiger partial charge in [-0.15, -0.1) is 11.3 Å². The third-order valence-corrected chi connectivity index (χ3v) is 8.50. The number of para-hydroxylation sites is 2. The Bertz CT molecular complexity index is 1810. The lowest BCUT2D eigenvalue weighted by Gasteiger charge is -2.18. The van der Waals surface area contributed by atoms with Crippen molar-refractivity contribution in [2.75, 3.05) is 6.54 Å². The summed E-state index contributed by atoms with van der Waals surface area (Å²) >= 11 is 1.87. The molecule has 7 rings (SSSR count). The molecule has 0 radical (unpaired) electrons. The number of nitrogens with one attached hydrogen (secondary N) is 1. The highest BCUT2D eigenvalue weighted by molar-refractivity contribution is 7.11. The van der Waals surface area contributed by atoms with Crippen LogP contribution in [0.1, 0.15) is 180 Å². The summed E-state index contributed by atoms with van der Waals surface area (Å²) in [7, 11) is 0. The van der Waals surface area contributed by atoms with Crippen LogP contribution >= 0.6 is 11.3 Å². The number of hydrogen-bond acceptors (Lipinski definition) is 8. The highest BCUT2D eigenvalue weighted by atomic mass is 32.1. The molecular weight excluding hydrogens is 757 g/mol. The Morgan fingerprint density at radius 2 is 1.15 bits per heavy atom. The minimum atomic E-state index is -0.0149. The molecule has 338 valence electrons. The fourth-order valence-corrected chi connectivity index (χ4v) is 5.64. The molecule has 0 bridgehead atoms. The zero-order chi connectivity index (χ0) is 45.9. The Balaban J connectivity index is -0.000000670. The molecule has 0 atom stereocenters. The number of oxazole rings is 1. The van der Waals surface area contributed by atoms with Crippen LogP contribution in [0.5, 0.6) is 0 Å². The van der Waals surface area contributed by atoms with E-state index in [2.05, 4.69) is 121 Å². The highest BCUT2D eigenvalue weighted by Gasteiger charge is 2.23. The number of aromatic nitrogens is 5. The Labute approximate surface area is 373 Å². The molecule has 5 aromatic heterocycles. The SMILES string of the molecule is C.CC.CC.CC.CC.CC(C)(C)C.CC(C)(C)c1nc2c(s1)CNCC2.CC(C)(C)c1nc2ccccc2o1.CC(C)(C)c1nccc2cccnc12.c1ccncc1. The van der Waals surface area contributed by atoms with Gasteiger partial charge in [-0.05, 0) is 41.8 Å². The molecule has 0 aliphatic carbocycles. The van der Waals surface area contributed by atoms with Gasteiger partial charge in [0.2, 0.25) is 5.89 Å². The van der Waals surface area contributed by atoms with Crippen molar-refractivity contribution in [3.63, 3.8) is 0 Å². The maximum atomic E-state index is 5.62. The molecule has 1 N–H and O–H groups in total. The molecule has 0 spiro atoms. The van der Waals surface area contributed by atoms with Gasteiger partial charge in [-0.2, -0.15) is 0 Å². The minimum Gasteiger partial charge on any atom is -0.440 e. The zero-order valence-corrected chi connectivity index (χ0v) is 42.1. The van der Waals surface area contributed by atoms with Gasteiger partial charge < -0.3 is 9.73 Å². The molecule has 1 aromatic carbocycles. The van der Waals surface area contributed by atoms with Crippen molar-refractivity contribution >= 4 is 33.3 Å². The van der Waals surface area contributed by atoms with Crippen molar-refractivity contribution in [3.8, 4) is 0 Å². The number of fused-ring (bicyclic) bond motifs is 3. The Hall–Kier alpha value is -4.01. The summed E-state index contributed by atoms with van der Waals surface area (Å²) in [5, 5.41) is 5.81.